The van der Waals surface area contributed by atoms with Crippen LogP contribution < -0.4 is 10.6 Å². The van der Waals surface area contributed by atoms with Gasteiger partial charge in [-0.15, -0.1) is 0 Å². The SMILES string of the molecule is CNc1nc(NC(CO)(CO)CO)nc(-n2cncn2)n1. The molecule has 0 amide bonds. The third-order valence-corrected chi connectivity index (χ3v) is 2.76. The number of aliphatic hydroxyl groups is 3. The minimum absolute atomic E-state index is 0.0667. The first-order chi connectivity index (χ1) is 10.2. The zero-order valence-electron chi connectivity index (χ0n) is 11.3. The summed E-state index contributed by atoms with van der Waals surface area (Å²) in [5, 5.41) is 37.3. The molecule has 0 saturated carbocycles. The normalized spacial score (nSPS) is 11.4. The Morgan fingerprint density at radius 2 is 1.76 bits per heavy atom. The monoisotopic (exact) mass is 296 g/mol. The van der Waals surface area contributed by atoms with Crippen molar-refractivity contribution in [1.29, 1.82) is 0 Å². The number of nitrogens with one attached hydrogen (secondary N) is 2. The van der Waals surface area contributed by atoms with Crippen LogP contribution in [0, 0.1) is 0 Å². The molecular formula is C10H16N8O3. The molecule has 21 heavy (non-hydrogen) atoms. The molecule has 11 nitrogen and oxygen atoms in total. The first-order valence-electron chi connectivity index (χ1n) is 6.06. The van der Waals surface area contributed by atoms with Crippen molar-refractivity contribution >= 4 is 11.9 Å². The second-order valence-electron chi connectivity index (χ2n) is 4.25. The molecule has 0 aliphatic rings. The van der Waals surface area contributed by atoms with Gasteiger partial charge in [0.25, 0.3) is 5.95 Å². The van der Waals surface area contributed by atoms with Gasteiger partial charge in [0, 0.05) is 7.05 Å². The van der Waals surface area contributed by atoms with Crippen LogP contribution >= 0.6 is 0 Å². The zero-order chi connectivity index (χ0) is 15.3. The Balaban J connectivity index is 2.37. The first kappa shape index (κ1) is 15.0. The summed E-state index contributed by atoms with van der Waals surface area (Å²) in [6.45, 7) is -1.50. The molecule has 0 saturated heterocycles. The second kappa shape index (κ2) is 6.39. The summed E-state index contributed by atoms with van der Waals surface area (Å²) in [5.74, 6) is 0.509. The maximum Gasteiger partial charge on any atom is 0.258 e. The number of aromatic nitrogens is 6. The van der Waals surface area contributed by atoms with Crippen molar-refractivity contribution in [1.82, 2.24) is 29.7 Å². The number of nitrogens with zero attached hydrogens (tertiary/aromatic N) is 6. The van der Waals surface area contributed by atoms with Gasteiger partial charge in [0.2, 0.25) is 11.9 Å². The summed E-state index contributed by atoms with van der Waals surface area (Å²) in [7, 11) is 1.63. The van der Waals surface area contributed by atoms with Gasteiger partial charge in [-0.25, -0.2) is 4.98 Å². The van der Waals surface area contributed by atoms with Gasteiger partial charge in [0.15, 0.2) is 0 Å². The van der Waals surface area contributed by atoms with Crippen molar-refractivity contribution in [3.05, 3.63) is 12.7 Å². The molecule has 2 aromatic rings. The third kappa shape index (κ3) is 3.21. The molecule has 11 heteroatoms. The van der Waals surface area contributed by atoms with Gasteiger partial charge < -0.3 is 26.0 Å². The minimum Gasteiger partial charge on any atom is -0.394 e. The van der Waals surface area contributed by atoms with Gasteiger partial charge in [-0.05, 0) is 0 Å². The van der Waals surface area contributed by atoms with Crippen LogP contribution in [-0.4, -0.2) is 77.4 Å². The Labute approximate surface area is 119 Å². The number of hydrogen-bond acceptors (Lipinski definition) is 10. The van der Waals surface area contributed by atoms with E-state index in [0.717, 1.165) is 0 Å². The lowest BCUT2D eigenvalue weighted by Gasteiger charge is -2.28. The van der Waals surface area contributed by atoms with Crippen LogP contribution in [0.2, 0.25) is 0 Å². The molecule has 0 spiro atoms. The molecular weight excluding hydrogens is 280 g/mol. The van der Waals surface area contributed by atoms with Gasteiger partial charge in [0.05, 0.1) is 19.8 Å². The molecule has 5 N–H and O–H groups in total. The van der Waals surface area contributed by atoms with Crippen molar-refractivity contribution < 1.29 is 15.3 Å². The number of hydrogen-bond donors (Lipinski definition) is 5. The lowest BCUT2D eigenvalue weighted by Crippen LogP contribution is -2.49. The van der Waals surface area contributed by atoms with E-state index in [9.17, 15) is 15.3 Å². The van der Waals surface area contributed by atoms with Crippen molar-refractivity contribution in [2.24, 2.45) is 0 Å². The second-order valence-corrected chi connectivity index (χ2v) is 4.25. The Morgan fingerprint density at radius 3 is 2.29 bits per heavy atom. The van der Waals surface area contributed by atoms with Crippen LogP contribution in [-0.2, 0) is 0 Å². The maximum absolute atomic E-state index is 9.32. The van der Waals surface area contributed by atoms with E-state index in [1.807, 2.05) is 0 Å². The highest BCUT2D eigenvalue weighted by Crippen LogP contribution is 2.14. The summed E-state index contributed by atoms with van der Waals surface area (Å²) in [6.07, 6.45) is 2.74. The van der Waals surface area contributed by atoms with Crippen LogP contribution in [0.5, 0.6) is 0 Å². The summed E-state index contributed by atoms with van der Waals surface area (Å²) < 4.78 is 1.33. The van der Waals surface area contributed by atoms with E-state index in [0.29, 0.717) is 0 Å². The van der Waals surface area contributed by atoms with E-state index in [4.69, 9.17) is 0 Å². The topological polar surface area (TPSA) is 154 Å². The van der Waals surface area contributed by atoms with Gasteiger partial charge in [-0.3, -0.25) is 0 Å². The van der Waals surface area contributed by atoms with Gasteiger partial charge in [0.1, 0.15) is 18.2 Å². The molecule has 0 aliphatic heterocycles. The zero-order valence-corrected chi connectivity index (χ0v) is 11.3. The van der Waals surface area contributed by atoms with E-state index in [2.05, 4.69) is 35.7 Å². The highest BCUT2D eigenvalue weighted by Gasteiger charge is 2.29. The summed E-state index contributed by atoms with van der Waals surface area (Å²) >= 11 is 0. The molecule has 2 aromatic heterocycles. The Bertz CT molecular complexity index is 563. The van der Waals surface area contributed by atoms with Crippen molar-refractivity contribution in [3.8, 4) is 5.95 Å². The highest BCUT2D eigenvalue weighted by atomic mass is 16.3. The van der Waals surface area contributed by atoms with Crippen LogP contribution in [0.4, 0.5) is 11.9 Å². The lowest BCUT2D eigenvalue weighted by molar-refractivity contribution is 0.0828. The summed E-state index contributed by atoms with van der Waals surface area (Å²) in [6, 6.07) is 0. The predicted molar refractivity (Wildman–Crippen MR) is 71.9 cm³/mol. The Kier molecular flexibility index (Phi) is 4.57. The molecule has 0 fully saturated rings. The van der Waals surface area contributed by atoms with E-state index in [1.54, 1.807) is 7.05 Å². The van der Waals surface area contributed by atoms with E-state index in [1.165, 1.54) is 17.3 Å². The molecule has 0 aromatic carbocycles. The smallest absolute Gasteiger partial charge is 0.258 e. The standard InChI is InChI=1S/C10H16N8O3/c1-11-7-14-8(17-10(2-19,3-20)4-21)16-9(15-7)18-6-12-5-13-18/h5-6,19-21H,2-4H2,1H3,(H2,11,14,15,16,17). The van der Waals surface area contributed by atoms with Crippen molar-refractivity contribution in [2.75, 3.05) is 37.5 Å². The van der Waals surface area contributed by atoms with Crippen LogP contribution in [0.1, 0.15) is 0 Å². The molecule has 0 bridgehead atoms. The van der Waals surface area contributed by atoms with E-state index < -0.39 is 25.4 Å². The average Bonchev–Trinajstić information content (AvgIpc) is 3.07. The number of anilines is 2. The molecule has 2 heterocycles. The maximum atomic E-state index is 9.32. The fourth-order valence-corrected chi connectivity index (χ4v) is 1.45. The molecule has 0 unspecified atom stereocenters. The quantitative estimate of drug-likeness (QED) is 0.374. The first-order valence-corrected chi connectivity index (χ1v) is 6.06. The highest BCUT2D eigenvalue weighted by molar-refractivity contribution is 5.39. The van der Waals surface area contributed by atoms with Crippen LogP contribution in [0.25, 0.3) is 5.95 Å². The minimum atomic E-state index is -1.34. The van der Waals surface area contributed by atoms with Crippen LogP contribution in [0.3, 0.4) is 0 Å². The predicted octanol–water partition coefficient (Wildman–Crippen LogP) is -2.38. The molecule has 2 rings (SSSR count). The molecule has 0 aliphatic carbocycles. The fraction of sp³-hybridized carbons (Fsp3) is 0.500. The van der Waals surface area contributed by atoms with Gasteiger partial charge >= 0.3 is 0 Å². The Hall–Kier alpha value is -2.37. The van der Waals surface area contributed by atoms with Crippen molar-refractivity contribution in [3.63, 3.8) is 0 Å². The average molecular weight is 296 g/mol. The van der Waals surface area contributed by atoms with E-state index in [-0.39, 0.29) is 17.8 Å². The largest absolute Gasteiger partial charge is 0.394 e. The van der Waals surface area contributed by atoms with Gasteiger partial charge in [-0.1, -0.05) is 0 Å². The third-order valence-electron chi connectivity index (χ3n) is 2.76. The molecule has 0 atom stereocenters. The fourth-order valence-electron chi connectivity index (χ4n) is 1.45. The summed E-state index contributed by atoms with van der Waals surface area (Å²) in [5.41, 5.74) is -1.34. The molecule has 114 valence electrons. The van der Waals surface area contributed by atoms with Gasteiger partial charge in [-0.2, -0.15) is 24.7 Å². The number of aliphatic hydroxyl groups excluding tert-OH is 3. The lowest BCUT2D eigenvalue weighted by atomic mass is 10.0. The Morgan fingerprint density at radius 1 is 1.10 bits per heavy atom. The summed E-state index contributed by atoms with van der Waals surface area (Å²) in [4.78, 5) is 16.1. The van der Waals surface area contributed by atoms with Crippen LogP contribution in [0.15, 0.2) is 12.7 Å². The van der Waals surface area contributed by atoms with E-state index >= 15 is 0 Å². The van der Waals surface area contributed by atoms with Crippen molar-refractivity contribution in [2.45, 2.75) is 5.54 Å². The number of rotatable bonds is 7. The molecule has 0 radical (unpaired) electrons.